The van der Waals surface area contributed by atoms with Crippen molar-refractivity contribution in [2.24, 2.45) is 0 Å². The molecule has 0 atom stereocenters. The van der Waals surface area contributed by atoms with Crippen LogP contribution < -0.4 is 10.6 Å². The Balaban J connectivity index is 3.02. The fraction of sp³-hybridized carbons (Fsp3) is 0.500. The summed E-state index contributed by atoms with van der Waals surface area (Å²) in [5.74, 6) is 0. The fourth-order valence-corrected chi connectivity index (χ4v) is 0.487. The van der Waals surface area contributed by atoms with Crippen LogP contribution in [0.1, 0.15) is 0 Å². The lowest BCUT2D eigenvalue weighted by Gasteiger charge is -1.86. The molecule has 0 aromatic carbocycles. The molecule has 0 aromatic rings. The van der Waals surface area contributed by atoms with E-state index in [0.717, 1.165) is 6.54 Å². The highest BCUT2D eigenvalue weighted by molar-refractivity contribution is 7.85. The predicted octanol–water partition coefficient (Wildman–Crippen LogP) is 0.487. The zero-order chi connectivity index (χ0) is 7.66. The highest BCUT2D eigenvalue weighted by atomic mass is 32.1. The molecule has 0 amide bonds. The van der Waals surface area contributed by atoms with Crippen molar-refractivity contribution < 1.29 is 0 Å². The number of nitrogens with one attached hydrogen (secondary N) is 2. The summed E-state index contributed by atoms with van der Waals surface area (Å²) in [6.07, 6.45) is 3.83. The average molecular weight is 158 g/mol. The van der Waals surface area contributed by atoms with Crippen LogP contribution in [0.5, 0.6) is 0 Å². The van der Waals surface area contributed by atoms with E-state index in [1.807, 2.05) is 19.3 Å². The van der Waals surface area contributed by atoms with Crippen molar-refractivity contribution in [1.82, 2.24) is 10.6 Å². The van der Waals surface area contributed by atoms with Crippen molar-refractivity contribution in [2.45, 2.75) is 0 Å². The van der Waals surface area contributed by atoms with Gasteiger partial charge in [0.05, 0.1) is 0 Å². The van der Waals surface area contributed by atoms with E-state index in [2.05, 4.69) is 33.5 Å². The molecule has 0 heterocycles. The topological polar surface area (TPSA) is 28.4 Å². The van der Waals surface area contributed by atoms with Gasteiger partial charge in [-0.25, -0.2) is 5.32 Å². The third kappa shape index (κ3) is 7.34. The summed E-state index contributed by atoms with van der Waals surface area (Å²) in [7, 11) is 1.86. The molecule has 0 saturated carbocycles. The van der Waals surface area contributed by atoms with E-state index >= 15 is 0 Å². The molecule has 10 heavy (non-hydrogen) atoms. The summed E-state index contributed by atoms with van der Waals surface area (Å²) < 4.78 is 0. The minimum Gasteiger partial charge on any atom is -0.394 e. The second kappa shape index (κ2) is 8.34. The molecule has 0 fully saturated rings. The van der Waals surface area contributed by atoms with Crippen LogP contribution in [0.2, 0.25) is 0 Å². The summed E-state index contributed by atoms with van der Waals surface area (Å²) in [5.41, 5.74) is 0. The van der Waals surface area contributed by atoms with Crippen LogP contribution in [0.15, 0.2) is 12.3 Å². The van der Waals surface area contributed by atoms with Gasteiger partial charge in [0.1, 0.15) is 0 Å². The van der Waals surface area contributed by atoms with E-state index in [-0.39, 0.29) is 0 Å². The molecule has 0 saturated heterocycles. The summed E-state index contributed by atoms with van der Waals surface area (Å²) in [6, 6.07) is 0. The molecule has 0 aliphatic rings. The second-order valence-corrected chi connectivity index (χ2v) is 1.76. The van der Waals surface area contributed by atoms with Crippen LogP contribution >= 0.6 is 12.6 Å². The molecule has 0 unspecified atom stereocenters. The molecule has 0 aromatic heterocycles. The lowest BCUT2D eigenvalue weighted by atomic mass is 10.6. The van der Waals surface area contributed by atoms with Crippen molar-refractivity contribution in [3.8, 4) is 5.40 Å². The third-order valence-corrected chi connectivity index (χ3v) is 0.950. The summed E-state index contributed by atoms with van der Waals surface area (Å²) >= 11 is 3.68. The number of thiocyanates is 1. The predicted molar refractivity (Wildman–Crippen MR) is 47.3 cm³/mol. The zero-order valence-corrected chi connectivity index (χ0v) is 6.86. The summed E-state index contributed by atoms with van der Waals surface area (Å²) in [4.78, 5) is 3.72. The van der Waals surface area contributed by atoms with Gasteiger partial charge in [0, 0.05) is 13.6 Å². The maximum absolute atomic E-state index is 3.72. The average Bonchev–Trinajstić information content (AvgIpc) is 1.97. The summed E-state index contributed by atoms with van der Waals surface area (Å²) in [5, 5.41) is 8.27. The Labute approximate surface area is 66.7 Å². The molecule has 0 aliphatic heterocycles. The first kappa shape index (κ1) is 9.34. The first-order valence-electron chi connectivity index (χ1n) is 3.00. The Bertz CT molecular complexity index is 145. The van der Waals surface area contributed by atoms with E-state index in [1.165, 1.54) is 0 Å². The minimum absolute atomic E-state index is 0.567. The molecule has 56 valence electrons. The Kier molecular flexibility index (Phi) is 7.79. The van der Waals surface area contributed by atoms with Gasteiger partial charge < -0.3 is 5.32 Å². The SMILES string of the molecule is CN/C=C\CNC[N+]#CS. The highest BCUT2D eigenvalue weighted by Crippen LogP contribution is 1.68. The van der Waals surface area contributed by atoms with Crippen LogP contribution in [0.3, 0.4) is 0 Å². The monoisotopic (exact) mass is 158 g/mol. The van der Waals surface area contributed by atoms with Crippen LogP contribution in [-0.2, 0) is 0 Å². The molecule has 0 radical (unpaired) electrons. The van der Waals surface area contributed by atoms with Gasteiger partial charge in [0.2, 0.25) is 0 Å². The van der Waals surface area contributed by atoms with E-state index in [0.29, 0.717) is 6.67 Å². The van der Waals surface area contributed by atoms with Crippen molar-refractivity contribution in [1.29, 1.82) is 0 Å². The van der Waals surface area contributed by atoms with Gasteiger partial charge >= 0.3 is 12.1 Å². The molecule has 0 bridgehead atoms. The van der Waals surface area contributed by atoms with Crippen LogP contribution in [-0.4, -0.2) is 20.3 Å². The van der Waals surface area contributed by atoms with Crippen LogP contribution in [0, 0.1) is 5.40 Å². The Morgan fingerprint density at radius 2 is 2.50 bits per heavy atom. The van der Waals surface area contributed by atoms with E-state index in [4.69, 9.17) is 0 Å². The first-order valence-corrected chi connectivity index (χ1v) is 3.45. The lowest BCUT2D eigenvalue weighted by molar-refractivity contribution is 0.836. The number of rotatable bonds is 4. The van der Waals surface area contributed by atoms with E-state index < -0.39 is 0 Å². The maximum Gasteiger partial charge on any atom is 0.345 e. The third-order valence-electron chi connectivity index (χ3n) is 0.808. The van der Waals surface area contributed by atoms with Gasteiger partial charge in [-0.15, -0.1) is 0 Å². The van der Waals surface area contributed by atoms with Crippen molar-refractivity contribution in [2.75, 3.05) is 20.3 Å². The Morgan fingerprint density at radius 3 is 3.10 bits per heavy atom. The molecule has 0 aliphatic carbocycles. The smallest absolute Gasteiger partial charge is 0.345 e. The van der Waals surface area contributed by atoms with Gasteiger partial charge in [-0.05, 0) is 18.8 Å². The minimum atomic E-state index is 0.567. The molecule has 2 N–H and O–H groups in total. The molecular weight excluding hydrogens is 146 g/mol. The van der Waals surface area contributed by atoms with Crippen LogP contribution in [0.25, 0.3) is 4.85 Å². The van der Waals surface area contributed by atoms with Gasteiger partial charge in [-0.1, -0.05) is 10.9 Å². The number of hydrogen-bond donors (Lipinski definition) is 3. The van der Waals surface area contributed by atoms with Crippen LogP contribution in [0.4, 0.5) is 0 Å². The Morgan fingerprint density at radius 1 is 1.70 bits per heavy atom. The number of hydrogen-bond acceptors (Lipinski definition) is 3. The second-order valence-electron chi connectivity index (χ2n) is 1.56. The van der Waals surface area contributed by atoms with Gasteiger partial charge in [0.25, 0.3) is 0 Å². The zero-order valence-electron chi connectivity index (χ0n) is 5.96. The van der Waals surface area contributed by atoms with Gasteiger partial charge in [0.15, 0.2) is 0 Å². The Hall–Kier alpha value is -0.660. The molecule has 4 heteroatoms. The number of thiol groups is 1. The molecule has 0 spiro atoms. The molecular formula is C6H12N3S+. The fourth-order valence-electron chi connectivity index (χ4n) is 0.416. The lowest BCUT2D eigenvalue weighted by Crippen LogP contribution is -2.12. The normalized spacial score (nSPS) is 9.00. The number of nitrogens with zero attached hydrogens (tertiary/aromatic N) is 1. The molecule has 0 rings (SSSR count). The van der Waals surface area contributed by atoms with Crippen molar-refractivity contribution in [3.05, 3.63) is 17.1 Å². The quantitative estimate of drug-likeness (QED) is 0.316. The largest absolute Gasteiger partial charge is 0.394 e. The highest BCUT2D eigenvalue weighted by Gasteiger charge is 1.83. The standard InChI is InChI=1S/C6H11N3S/c1-7-3-2-4-8-5-9-6-10/h2-3,7-8H,4-5H2,1H3/p+1/b3-2-. The van der Waals surface area contributed by atoms with Gasteiger partial charge in [-0.2, -0.15) is 0 Å². The van der Waals surface area contributed by atoms with E-state index in [1.54, 1.807) is 0 Å². The summed E-state index contributed by atoms with van der Waals surface area (Å²) in [6.45, 7) is 1.37. The maximum atomic E-state index is 3.72. The van der Waals surface area contributed by atoms with Crippen molar-refractivity contribution >= 4 is 12.6 Å². The van der Waals surface area contributed by atoms with E-state index in [9.17, 15) is 0 Å². The first-order chi connectivity index (χ1) is 4.91. The van der Waals surface area contributed by atoms with Gasteiger partial charge in [-0.3, -0.25) is 0 Å². The van der Waals surface area contributed by atoms with Crippen molar-refractivity contribution in [3.63, 3.8) is 0 Å². The molecule has 3 nitrogen and oxygen atoms in total.